The van der Waals surface area contributed by atoms with Crippen LogP contribution >= 0.6 is 0 Å². The van der Waals surface area contributed by atoms with E-state index in [0.717, 1.165) is 12.8 Å². The Balaban J connectivity index is 1.45. The number of amides is 3. The van der Waals surface area contributed by atoms with Crippen LogP contribution in [0.4, 0.5) is 4.79 Å². The Kier molecular flexibility index (Phi) is 7.03. The van der Waals surface area contributed by atoms with Crippen LogP contribution < -0.4 is 11.0 Å². The van der Waals surface area contributed by atoms with Gasteiger partial charge in [-0.2, -0.15) is 0 Å². The molecule has 0 spiro atoms. The largest absolute Gasteiger partial charge is 0.450 e. The molecule has 1 aromatic heterocycles. The van der Waals surface area contributed by atoms with Gasteiger partial charge in [0.2, 0.25) is 11.8 Å². The maximum atomic E-state index is 13.0. The highest BCUT2D eigenvalue weighted by atomic mass is 16.6. The van der Waals surface area contributed by atoms with Gasteiger partial charge in [0, 0.05) is 26.6 Å². The molecule has 1 N–H and O–H groups in total. The third-order valence-corrected chi connectivity index (χ3v) is 6.21. The number of ether oxygens (including phenoxy) is 2. The van der Waals surface area contributed by atoms with E-state index in [1.54, 1.807) is 31.0 Å². The number of para-hydroxylation sites is 1. The molecule has 2 fully saturated rings. The van der Waals surface area contributed by atoms with Crippen molar-refractivity contribution in [3.8, 4) is 11.8 Å². The number of fused-ring (bicyclic) bond motifs is 1. The van der Waals surface area contributed by atoms with Crippen molar-refractivity contribution in [2.45, 2.75) is 44.8 Å². The van der Waals surface area contributed by atoms with Crippen molar-refractivity contribution in [3.63, 3.8) is 0 Å². The van der Waals surface area contributed by atoms with E-state index < -0.39 is 11.9 Å². The first-order chi connectivity index (χ1) is 16.4. The van der Waals surface area contributed by atoms with E-state index in [1.165, 1.54) is 9.13 Å². The van der Waals surface area contributed by atoms with Gasteiger partial charge in [0.25, 0.3) is 0 Å². The predicted molar refractivity (Wildman–Crippen MR) is 123 cm³/mol. The number of benzene rings is 1. The summed E-state index contributed by atoms with van der Waals surface area (Å²) in [6, 6.07) is 4.65. The van der Waals surface area contributed by atoms with Gasteiger partial charge in [-0.25, -0.2) is 9.59 Å². The van der Waals surface area contributed by atoms with Crippen molar-refractivity contribution in [1.29, 1.82) is 0 Å². The number of hydrogen-bond acceptors (Lipinski definition) is 6. The molecule has 1 unspecified atom stereocenters. The minimum atomic E-state index is -0.735. The third kappa shape index (κ3) is 4.70. The fourth-order valence-corrected chi connectivity index (χ4v) is 4.48. The molecule has 10 nitrogen and oxygen atoms in total. The Labute approximate surface area is 196 Å². The number of imidazole rings is 1. The Morgan fingerprint density at radius 2 is 1.94 bits per heavy atom. The van der Waals surface area contributed by atoms with Crippen LogP contribution in [0, 0.1) is 11.8 Å². The normalized spacial score (nSPS) is 19.0. The molecule has 0 aliphatic carbocycles. The maximum Gasteiger partial charge on any atom is 0.409 e. The summed E-state index contributed by atoms with van der Waals surface area (Å²) in [5.41, 5.74) is 1.56. The van der Waals surface area contributed by atoms with Gasteiger partial charge in [-0.3, -0.25) is 24.0 Å². The van der Waals surface area contributed by atoms with Crippen LogP contribution in [0.2, 0.25) is 0 Å². The molecule has 10 heteroatoms. The summed E-state index contributed by atoms with van der Waals surface area (Å²) in [6.45, 7) is 3.55. The van der Waals surface area contributed by atoms with Crippen molar-refractivity contribution in [1.82, 2.24) is 19.4 Å². The molecule has 2 saturated heterocycles. The van der Waals surface area contributed by atoms with Gasteiger partial charge >= 0.3 is 11.8 Å². The molecule has 4 rings (SSSR count). The quantitative estimate of drug-likeness (QED) is 0.535. The van der Waals surface area contributed by atoms with Crippen molar-refractivity contribution in [2.24, 2.45) is 7.05 Å². The molecular formula is C24H28N4O6. The number of carbonyl (C=O) groups is 3. The predicted octanol–water partition coefficient (Wildman–Crippen LogP) is 1.31. The number of likely N-dealkylation sites (tertiary alicyclic amines) is 1. The summed E-state index contributed by atoms with van der Waals surface area (Å²) in [7, 11) is 1.64. The summed E-state index contributed by atoms with van der Waals surface area (Å²) in [5, 5.41) is 2.31. The number of piperidine rings is 2. The summed E-state index contributed by atoms with van der Waals surface area (Å²) in [5.74, 6) is 5.31. The molecule has 2 aromatic rings. The van der Waals surface area contributed by atoms with Gasteiger partial charge in [-0.15, -0.1) is 0 Å². The van der Waals surface area contributed by atoms with E-state index in [-0.39, 0.29) is 43.2 Å². The number of aryl methyl sites for hydroxylation is 1. The molecule has 2 aliphatic rings. The molecule has 0 radical (unpaired) electrons. The molecule has 0 bridgehead atoms. The van der Waals surface area contributed by atoms with E-state index in [2.05, 4.69) is 17.2 Å². The standard InChI is InChI=1S/C24H28N4O6/c1-3-33-24(32)27-13-11-17(12-14-27)34-15-5-7-16-6-4-8-18-21(16)26(2)23(31)28(18)19-9-10-20(29)25-22(19)30/h4,6,8,17,19H,3,9-15H2,1-2H3,(H,25,29,30). The zero-order valence-corrected chi connectivity index (χ0v) is 19.3. The number of imide groups is 1. The lowest BCUT2D eigenvalue weighted by Crippen LogP contribution is -2.44. The SMILES string of the molecule is CCOC(=O)N1CCC(OCC#Cc2cccc3c2n(C)c(=O)n3C2CCC(=O)NC2=O)CC1. The fraction of sp³-hybridized carbons (Fsp3) is 0.500. The smallest absolute Gasteiger partial charge is 0.409 e. The highest BCUT2D eigenvalue weighted by Gasteiger charge is 2.31. The van der Waals surface area contributed by atoms with Crippen LogP contribution in [0.3, 0.4) is 0 Å². The average Bonchev–Trinajstić information content (AvgIpc) is 3.08. The minimum Gasteiger partial charge on any atom is -0.450 e. The Hall–Kier alpha value is -3.58. The van der Waals surface area contributed by atoms with Crippen molar-refractivity contribution in [2.75, 3.05) is 26.3 Å². The molecule has 3 heterocycles. The van der Waals surface area contributed by atoms with E-state index in [1.807, 2.05) is 6.07 Å². The molecule has 1 atom stereocenters. The second kappa shape index (κ2) is 10.1. The molecule has 180 valence electrons. The van der Waals surface area contributed by atoms with E-state index >= 15 is 0 Å². The number of rotatable bonds is 4. The van der Waals surface area contributed by atoms with E-state index in [0.29, 0.717) is 36.3 Å². The Morgan fingerprint density at radius 1 is 1.18 bits per heavy atom. The summed E-state index contributed by atoms with van der Waals surface area (Å²) < 4.78 is 13.8. The number of hydrogen-bond donors (Lipinski definition) is 1. The number of nitrogens with one attached hydrogen (secondary N) is 1. The first-order valence-electron chi connectivity index (χ1n) is 11.5. The van der Waals surface area contributed by atoms with Gasteiger partial charge in [-0.1, -0.05) is 17.9 Å². The minimum absolute atomic E-state index is 0.0220. The lowest BCUT2D eigenvalue weighted by atomic mass is 10.1. The van der Waals surface area contributed by atoms with Crippen LogP contribution in [0.15, 0.2) is 23.0 Å². The van der Waals surface area contributed by atoms with Gasteiger partial charge in [0.15, 0.2) is 0 Å². The summed E-state index contributed by atoms with van der Waals surface area (Å²) >= 11 is 0. The second-order valence-corrected chi connectivity index (χ2v) is 8.35. The first kappa shape index (κ1) is 23.6. The zero-order valence-electron chi connectivity index (χ0n) is 19.3. The highest BCUT2D eigenvalue weighted by molar-refractivity contribution is 6.00. The van der Waals surface area contributed by atoms with E-state index in [9.17, 15) is 19.2 Å². The number of nitrogens with zero attached hydrogens (tertiary/aromatic N) is 3. The number of carbonyl (C=O) groups excluding carboxylic acids is 3. The van der Waals surface area contributed by atoms with Crippen LogP contribution in [0.5, 0.6) is 0 Å². The van der Waals surface area contributed by atoms with Crippen molar-refractivity contribution >= 4 is 28.9 Å². The van der Waals surface area contributed by atoms with Crippen molar-refractivity contribution < 1.29 is 23.9 Å². The van der Waals surface area contributed by atoms with Crippen LogP contribution in [0.1, 0.15) is 44.2 Å². The molecule has 2 aliphatic heterocycles. The van der Waals surface area contributed by atoms with Gasteiger partial charge < -0.3 is 14.4 Å². The Morgan fingerprint density at radius 3 is 2.65 bits per heavy atom. The first-order valence-corrected chi connectivity index (χ1v) is 11.5. The third-order valence-electron chi connectivity index (χ3n) is 6.21. The fourth-order valence-electron chi connectivity index (χ4n) is 4.48. The monoisotopic (exact) mass is 468 g/mol. The molecule has 3 amide bonds. The van der Waals surface area contributed by atoms with Gasteiger partial charge in [-0.05, 0) is 38.3 Å². The molecule has 34 heavy (non-hydrogen) atoms. The van der Waals surface area contributed by atoms with Crippen LogP contribution in [-0.2, 0) is 26.1 Å². The lowest BCUT2D eigenvalue weighted by molar-refractivity contribution is -0.135. The zero-order chi connectivity index (χ0) is 24.2. The second-order valence-electron chi connectivity index (χ2n) is 8.35. The average molecular weight is 469 g/mol. The summed E-state index contributed by atoms with van der Waals surface area (Å²) in [6.07, 6.45) is 1.65. The van der Waals surface area contributed by atoms with Crippen LogP contribution in [0.25, 0.3) is 11.0 Å². The van der Waals surface area contributed by atoms with Crippen LogP contribution in [-0.4, -0.2) is 64.3 Å². The van der Waals surface area contributed by atoms with Gasteiger partial charge in [0.05, 0.1) is 29.3 Å². The molecule has 1 aromatic carbocycles. The highest BCUT2D eigenvalue weighted by Crippen LogP contribution is 2.24. The lowest BCUT2D eigenvalue weighted by Gasteiger charge is -2.30. The maximum absolute atomic E-state index is 13.0. The topological polar surface area (TPSA) is 112 Å². The summed E-state index contributed by atoms with van der Waals surface area (Å²) in [4.78, 5) is 50.3. The molecular weight excluding hydrogens is 440 g/mol. The van der Waals surface area contributed by atoms with E-state index in [4.69, 9.17) is 9.47 Å². The molecule has 0 saturated carbocycles. The van der Waals surface area contributed by atoms with Gasteiger partial charge in [0.1, 0.15) is 12.6 Å². The number of aromatic nitrogens is 2. The Bertz CT molecular complexity index is 1230. The van der Waals surface area contributed by atoms with Crippen molar-refractivity contribution in [3.05, 3.63) is 34.2 Å².